The van der Waals surface area contributed by atoms with Crippen LogP contribution in [-0.4, -0.2) is 29.3 Å². The first-order valence-electron chi connectivity index (χ1n) is 10.3. The molecule has 3 aromatic carbocycles. The maximum Gasteiger partial charge on any atom is 0.246 e. The number of carbonyl (C=O) groups excluding carboxylic acids is 2. The second-order valence-corrected chi connectivity index (χ2v) is 7.41. The predicted molar refractivity (Wildman–Crippen MR) is 121 cm³/mol. The molecule has 0 aromatic heterocycles. The van der Waals surface area contributed by atoms with Gasteiger partial charge in [-0.2, -0.15) is 0 Å². The summed E-state index contributed by atoms with van der Waals surface area (Å²) in [6, 6.07) is 26.5. The SMILES string of the molecule is CCN(C(=O)C(c1ccccc1)c1ccccc1)[C@H](C)C(=O)Nc1ccc(C)cc1. The summed E-state index contributed by atoms with van der Waals surface area (Å²) < 4.78 is 0. The van der Waals surface area contributed by atoms with Crippen LogP contribution in [-0.2, 0) is 9.59 Å². The molecule has 0 heterocycles. The van der Waals surface area contributed by atoms with Crippen molar-refractivity contribution < 1.29 is 9.59 Å². The van der Waals surface area contributed by atoms with E-state index in [9.17, 15) is 9.59 Å². The lowest BCUT2D eigenvalue weighted by atomic mass is 9.89. The van der Waals surface area contributed by atoms with Crippen LogP contribution in [0.4, 0.5) is 5.69 Å². The fourth-order valence-corrected chi connectivity index (χ4v) is 3.58. The molecule has 0 aliphatic carbocycles. The van der Waals surface area contributed by atoms with Crippen LogP contribution < -0.4 is 5.32 Å². The lowest BCUT2D eigenvalue weighted by Gasteiger charge is -2.31. The third-order valence-corrected chi connectivity index (χ3v) is 5.30. The van der Waals surface area contributed by atoms with Gasteiger partial charge in [-0.05, 0) is 44.0 Å². The summed E-state index contributed by atoms with van der Waals surface area (Å²) in [5.74, 6) is -0.739. The first kappa shape index (κ1) is 21.3. The summed E-state index contributed by atoms with van der Waals surface area (Å²) in [7, 11) is 0. The highest BCUT2D eigenvalue weighted by molar-refractivity contribution is 5.98. The third kappa shape index (κ3) is 4.95. The smallest absolute Gasteiger partial charge is 0.246 e. The fraction of sp³-hybridized carbons (Fsp3) is 0.231. The van der Waals surface area contributed by atoms with Gasteiger partial charge in [0.05, 0.1) is 5.92 Å². The van der Waals surface area contributed by atoms with Gasteiger partial charge in [0.25, 0.3) is 0 Å². The molecule has 3 aromatic rings. The van der Waals surface area contributed by atoms with Crippen LogP contribution in [0.5, 0.6) is 0 Å². The Hall–Kier alpha value is -3.40. The van der Waals surface area contributed by atoms with Crippen LogP contribution >= 0.6 is 0 Å². The number of amides is 2. The molecule has 0 spiro atoms. The van der Waals surface area contributed by atoms with E-state index in [2.05, 4.69) is 5.32 Å². The highest BCUT2D eigenvalue weighted by atomic mass is 16.2. The molecule has 0 saturated heterocycles. The summed E-state index contributed by atoms with van der Waals surface area (Å²) in [6.45, 7) is 6.12. The molecule has 0 unspecified atom stereocenters. The molecular formula is C26H28N2O2. The molecule has 4 heteroatoms. The van der Waals surface area contributed by atoms with Gasteiger partial charge < -0.3 is 10.2 Å². The number of likely N-dealkylation sites (N-methyl/N-ethyl adjacent to an activating group) is 1. The third-order valence-electron chi connectivity index (χ3n) is 5.30. The van der Waals surface area contributed by atoms with Crippen LogP contribution in [0.15, 0.2) is 84.9 Å². The van der Waals surface area contributed by atoms with E-state index >= 15 is 0 Å². The van der Waals surface area contributed by atoms with Crippen molar-refractivity contribution in [3.63, 3.8) is 0 Å². The minimum Gasteiger partial charge on any atom is -0.330 e. The van der Waals surface area contributed by atoms with Crippen molar-refractivity contribution in [2.45, 2.75) is 32.7 Å². The van der Waals surface area contributed by atoms with E-state index in [1.54, 1.807) is 11.8 Å². The van der Waals surface area contributed by atoms with Gasteiger partial charge in [-0.3, -0.25) is 9.59 Å². The second kappa shape index (κ2) is 9.88. The van der Waals surface area contributed by atoms with E-state index in [1.807, 2.05) is 98.8 Å². The second-order valence-electron chi connectivity index (χ2n) is 7.41. The summed E-state index contributed by atoms with van der Waals surface area (Å²) in [5.41, 5.74) is 3.68. The quantitative estimate of drug-likeness (QED) is 0.607. The van der Waals surface area contributed by atoms with Gasteiger partial charge >= 0.3 is 0 Å². The normalized spacial score (nSPS) is 11.7. The van der Waals surface area contributed by atoms with Gasteiger partial charge in [-0.15, -0.1) is 0 Å². The first-order valence-corrected chi connectivity index (χ1v) is 10.3. The van der Waals surface area contributed by atoms with Crippen molar-refractivity contribution in [3.05, 3.63) is 102 Å². The van der Waals surface area contributed by atoms with E-state index < -0.39 is 12.0 Å². The van der Waals surface area contributed by atoms with Crippen LogP contribution in [0.25, 0.3) is 0 Å². The van der Waals surface area contributed by atoms with Gasteiger partial charge in [0.2, 0.25) is 11.8 Å². The van der Waals surface area contributed by atoms with Crippen LogP contribution in [0.1, 0.15) is 36.5 Å². The largest absolute Gasteiger partial charge is 0.330 e. The number of hydrogen-bond acceptors (Lipinski definition) is 2. The van der Waals surface area contributed by atoms with Gasteiger partial charge in [0.1, 0.15) is 6.04 Å². The zero-order valence-electron chi connectivity index (χ0n) is 17.7. The Morgan fingerprint density at radius 2 is 1.33 bits per heavy atom. The Morgan fingerprint density at radius 3 is 1.80 bits per heavy atom. The number of rotatable bonds is 7. The fourth-order valence-electron chi connectivity index (χ4n) is 3.58. The van der Waals surface area contributed by atoms with Crippen LogP contribution in [0.3, 0.4) is 0 Å². The van der Waals surface area contributed by atoms with Gasteiger partial charge in [-0.25, -0.2) is 0 Å². The monoisotopic (exact) mass is 400 g/mol. The minimum absolute atomic E-state index is 0.0820. The molecule has 154 valence electrons. The molecule has 1 atom stereocenters. The van der Waals surface area contributed by atoms with Gasteiger partial charge in [0.15, 0.2) is 0 Å². The number of hydrogen-bond donors (Lipinski definition) is 1. The first-order chi connectivity index (χ1) is 14.5. The van der Waals surface area contributed by atoms with Crippen molar-refractivity contribution in [2.75, 3.05) is 11.9 Å². The maximum absolute atomic E-state index is 13.7. The standard InChI is InChI=1S/C26H28N2O2/c1-4-28(20(3)25(29)27-23-17-15-19(2)16-18-23)26(30)24(21-11-7-5-8-12-21)22-13-9-6-10-14-22/h5-18,20,24H,4H2,1-3H3,(H,27,29)/t20-/m1/s1. The summed E-state index contributed by atoms with van der Waals surface area (Å²) in [4.78, 5) is 28.2. The molecule has 0 radical (unpaired) electrons. The molecule has 1 N–H and O–H groups in total. The average Bonchev–Trinajstić information content (AvgIpc) is 2.77. The lowest BCUT2D eigenvalue weighted by molar-refractivity contribution is -0.138. The Kier molecular flexibility index (Phi) is 7.02. The van der Waals surface area contributed by atoms with Crippen LogP contribution in [0, 0.1) is 6.92 Å². The summed E-state index contributed by atoms with van der Waals surface area (Å²) in [6.07, 6.45) is 0. The topological polar surface area (TPSA) is 49.4 Å². The number of carbonyl (C=O) groups is 2. The molecule has 0 aliphatic rings. The highest BCUT2D eigenvalue weighted by Gasteiger charge is 2.32. The van der Waals surface area contributed by atoms with E-state index in [-0.39, 0.29) is 11.8 Å². The van der Waals surface area contributed by atoms with Crippen molar-refractivity contribution in [2.24, 2.45) is 0 Å². The Bertz CT molecular complexity index is 929. The molecule has 0 bridgehead atoms. The average molecular weight is 401 g/mol. The number of nitrogens with zero attached hydrogens (tertiary/aromatic N) is 1. The summed E-state index contributed by atoms with van der Waals surface area (Å²) >= 11 is 0. The Balaban J connectivity index is 1.86. The highest BCUT2D eigenvalue weighted by Crippen LogP contribution is 2.27. The molecule has 0 fully saturated rings. The van der Waals surface area contributed by atoms with E-state index in [1.165, 1.54) is 0 Å². The van der Waals surface area contributed by atoms with Crippen molar-refractivity contribution >= 4 is 17.5 Å². The Morgan fingerprint density at radius 1 is 0.833 bits per heavy atom. The predicted octanol–water partition coefficient (Wildman–Crippen LogP) is 5.00. The number of benzene rings is 3. The zero-order valence-corrected chi connectivity index (χ0v) is 17.7. The van der Waals surface area contributed by atoms with Crippen molar-refractivity contribution in [1.82, 2.24) is 4.90 Å². The molecule has 0 saturated carbocycles. The number of anilines is 1. The molecule has 3 rings (SSSR count). The maximum atomic E-state index is 13.7. The van der Waals surface area contributed by atoms with Gasteiger partial charge in [0, 0.05) is 12.2 Å². The summed E-state index contributed by atoms with van der Waals surface area (Å²) in [5, 5.41) is 2.92. The Labute approximate surface area is 178 Å². The zero-order chi connectivity index (χ0) is 21.5. The lowest BCUT2D eigenvalue weighted by Crippen LogP contribution is -2.47. The molecule has 2 amide bonds. The molecular weight excluding hydrogens is 372 g/mol. The minimum atomic E-state index is -0.598. The molecule has 0 aliphatic heterocycles. The van der Waals surface area contributed by atoms with Crippen LogP contribution in [0.2, 0.25) is 0 Å². The van der Waals surface area contributed by atoms with Crippen molar-refractivity contribution in [1.29, 1.82) is 0 Å². The van der Waals surface area contributed by atoms with Gasteiger partial charge in [-0.1, -0.05) is 78.4 Å². The number of aryl methyl sites for hydroxylation is 1. The van der Waals surface area contributed by atoms with E-state index in [4.69, 9.17) is 0 Å². The molecule has 30 heavy (non-hydrogen) atoms. The molecule has 4 nitrogen and oxygen atoms in total. The van der Waals surface area contributed by atoms with E-state index in [0.717, 1.165) is 22.4 Å². The van der Waals surface area contributed by atoms with Crippen molar-refractivity contribution in [3.8, 4) is 0 Å². The van der Waals surface area contributed by atoms with E-state index in [0.29, 0.717) is 6.54 Å². The number of nitrogens with one attached hydrogen (secondary N) is 1.